The number of hydrogen-bond donors (Lipinski definition) is 0. The second kappa shape index (κ2) is 14.0. The van der Waals surface area contributed by atoms with E-state index in [0.717, 1.165) is 67.5 Å². The average Bonchev–Trinajstić information content (AvgIpc) is 3.65. The topological polar surface area (TPSA) is 64.5 Å². The molecule has 0 amide bonds. The summed E-state index contributed by atoms with van der Waals surface area (Å²) in [6.07, 6.45) is 0. The van der Waals surface area contributed by atoms with Crippen LogP contribution in [-0.4, -0.2) is 24.9 Å². The number of fused-ring (bicyclic) bond motifs is 3. The van der Waals surface area contributed by atoms with Gasteiger partial charge in [-0.05, 0) is 47.5 Å². The van der Waals surface area contributed by atoms with E-state index in [1.807, 2.05) is 121 Å². The third-order valence-corrected chi connectivity index (χ3v) is 10.9. The van der Waals surface area contributed by atoms with Gasteiger partial charge in [-0.15, -0.1) is 11.3 Å². The van der Waals surface area contributed by atoms with E-state index < -0.39 is 0 Å². The van der Waals surface area contributed by atoms with Crippen LogP contribution in [0.25, 0.3) is 99.4 Å². The van der Waals surface area contributed by atoms with Crippen molar-refractivity contribution in [3.63, 3.8) is 0 Å². The number of pyridine rings is 1. The molecule has 6 aromatic carbocycles. The fourth-order valence-corrected chi connectivity index (χ4v) is 8.11. The first kappa shape index (κ1) is 32.5. The summed E-state index contributed by atoms with van der Waals surface area (Å²) in [5, 5.41) is 2.53. The van der Waals surface area contributed by atoms with Gasteiger partial charge in [0.15, 0.2) is 11.6 Å². The van der Waals surface area contributed by atoms with Crippen LogP contribution in [0.4, 0.5) is 0 Å². The second-order valence-electron chi connectivity index (χ2n) is 13.3. The van der Waals surface area contributed by atoms with Crippen LogP contribution in [0.1, 0.15) is 0 Å². The maximum atomic E-state index is 5.36. The minimum atomic E-state index is 0.636. The summed E-state index contributed by atoms with van der Waals surface area (Å²) in [6, 6.07) is 64.4. The lowest BCUT2D eigenvalue weighted by atomic mass is 10.0. The first-order valence-electron chi connectivity index (χ1n) is 18.2. The Balaban J connectivity index is 1.22. The summed E-state index contributed by atoms with van der Waals surface area (Å²) in [4.78, 5) is 25.8. The van der Waals surface area contributed by atoms with E-state index in [4.69, 9.17) is 24.9 Å². The molecular formula is C49H31N5S. The van der Waals surface area contributed by atoms with Crippen LogP contribution in [0.5, 0.6) is 0 Å². The third kappa shape index (κ3) is 6.45. The van der Waals surface area contributed by atoms with Gasteiger partial charge in [0, 0.05) is 42.4 Å². The van der Waals surface area contributed by atoms with Gasteiger partial charge in [-0.25, -0.2) is 24.9 Å². The summed E-state index contributed by atoms with van der Waals surface area (Å²) < 4.78 is 2.51. The Morgan fingerprint density at radius 2 is 0.673 bits per heavy atom. The van der Waals surface area contributed by atoms with Crippen LogP contribution in [0.2, 0.25) is 0 Å². The van der Waals surface area contributed by atoms with Crippen molar-refractivity contribution < 1.29 is 0 Å². The largest absolute Gasteiger partial charge is 0.244 e. The highest BCUT2D eigenvalue weighted by atomic mass is 32.1. The molecule has 0 bridgehead atoms. The van der Waals surface area contributed by atoms with Crippen LogP contribution in [-0.2, 0) is 0 Å². The zero-order valence-electron chi connectivity index (χ0n) is 29.5. The van der Waals surface area contributed by atoms with Gasteiger partial charge < -0.3 is 0 Å². The van der Waals surface area contributed by atoms with Gasteiger partial charge in [0.05, 0.1) is 34.2 Å². The van der Waals surface area contributed by atoms with Crippen molar-refractivity contribution in [1.82, 2.24) is 24.9 Å². The second-order valence-corrected chi connectivity index (χ2v) is 14.4. The Hall–Kier alpha value is -7.15. The van der Waals surface area contributed by atoms with Gasteiger partial charge in [-0.3, -0.25) is 0 Å². The van der Waals surface area contributed by atoms with Crippen LogP contribution in [0.15, 0.2) is 188 Å². The molecule has 0 saturated carbocycles. The Kier molecular flexibility index (Phi) is 8.28. The molecule has 0 aliphatic rings. The lowest BCUT2D eigenvalue weighted by Crippen LogP contribution is -2.00. The molecular weight excluding hydrogens is 691 g/mol. The summed E-state index contributed by atoms with van der Waals surface area (Å²) >= 11 is 1.81. The SMILES string of the molecule is c1ccc(-c2cc(-c3cc(-c4ccc5c(c4)sc4ccccc45)cc(-c4cc(-c5ccccc5)nc(-c5ccccc5)n4)n3)nc(-c3ccccc3)n2)cc1. The fraction of sp³-hybridized carbons (Fsp3) is 0. The van der Waals surface area contributed by atoms with E-state index in [1.54, 1.807) is 0 Å². The first-order chi connectivity index (χ1) is 27.2. The van der Waals surface area contributed by atoms with Gasteiger partial charge in [-0.1, -0.05) is 152 Å². The molecule has 10 aromatic rings. The summed E-state index contributed by atoms with van der Waals surface area (Å²) in [5.41, 5.74) is 10.5. The Labute approximate surface area is 322 Å². The maximum absolute atomic E-state index is 5.36. The van der Waals surface area contributed by atoms with Crippen molar-refractivity contribution in [2.75, 3.05) is 0 Å². The Bertz CT molecular complexity index is 2700. The zero-order valence-corrected chi connectivity index (χ0v) is 30.4. The molecule has 4 aromatic heterocycles. The molecule has 0 aliphatic heterocycles. The molecule has 0 saturated heterocycles. The van der Waals surface area contributed by atoms with Gasteiger partial charge in [0.1, 0.15) is 0 Å². The van der Waals surface area contributed by atoms with Gasteiger partial charge in [0.2, 0.25) is 0 Å². The molecule has 0 unspecified atom stereocenters. The minimum absolute atomic E-state index is 0.636. The molecule has 0 radical (unpaired) electrons. The van der Waals surface area contributed by atoms with Crippen molar-refractivity contribution in [2.45, 2.75) is 0 Å². The van der Waals surface area contributed by atoms with Gasteiger partial charge >= 0.3 is 0 Å². The standard InChI is InChI=1S/C49H31N5S/c1-5-15-32(16-6-1)40-30-44(53-48(51-40)34-19-9-3-10-20-34)42-27-37(36-25-26-39-38-23-13-14-24-46(38)55-47(39)29-36)28-43(50-42)45-31-41(33-17-7-2-8-18-33)52-49(54-45)35-21-11-4-12-22-35/h1-31H. The van der Waals surface area contributed by atoms with E-state index in [2.05, 4.69) is 78.9 Å². The van der Waals surface area contributed by atoms with E-state index in [-0.39, 0.29) is 0 Å². The molecule has 0 spiro atoms. The number of thiophene rings is 1. The van der Waals surface area contributed by atoms with Gasteiger partial charge in [0.25, 0.3) is 0 Å². The summed E-state index contributed by atoms with van der Waals surface area (Å²) in [7, 11) is 0. The Morgan fingerprint density at radius 1 is 0.255 bits per heavy atom. The first-order valence-corrected chi connectivity index (χ1v) is 19.0. The predicted molar refractivity (Wildman–Crippen MR) is 226 cm³/mol. The van der Waals surface area contributed by atoms with Gasteiger partial charge in [-0.2, -0.15) is 0 Å². The van der Waals surface area contributed by atoms with Crippen molar-refractivity contribution >= 4 is 31.5 Å². The highest BCUT2D eigenvalue weighted by Gasteiger charge is 2.18. The van der Waals surface area contributed by atoms with E-state index in [0.29, 0.717) is 11.6 Å². The van der Waals surface area contributed by atoms with E-state index in [1.165, 1.54) is 20.2 Å². The molecule has 258 valence electrons. The van der Waals surface area contributed by atoms with Crippen molar-refractivity contribution in [3.05, 3.63) is 188 Å². The monoisotopic (exact) mass is 721 g/mol. The molecule has 0 atom stereocenters. The maximum Gasteiger partial charge on any atom is 0.160 e. The van der Waals surface area contributed by atoms with E-state index >= 15 is 0 Å². The molecule has 0 aliphatic carbocycles. The predicted octanol–water partition coefficient (Wildman–Crippen LogP) is 12.7. The quantitative estimate of drug-likeness (QED) is 0.164. The Morgan fingerprint density at radius 3 is 1.20 bits per heavy atom. The normalized spacial score (nSPS) is 11.3. The molecule has 0 fully saturated rings. The van der Waals surface area contributed by atoms with Crippen LogP contribution < -0.4 is 0 Å². The van der Waals surface area contributed by atoms with E-state index in [9.17, 15) is 0 Å². The average molecular weight is 722 g/mol. The highest BCUT2D eigenvalue weighted by Crippen LogP contribution is 2.38. The van der Waals surface area contributed by atoms with Crippen LogP contribution in [0, 0.1) is 0 Å². The van der Waals surface area contributed by atoms with Crippen LogP contribution in [0.3, 0.4) is 0 Å². The zero-order chi connectivity index (χ0) is 36.6. The lowest BCUT2D eigenvalue weighted by Gasteiger charge is -2.13. The molecule has 0 N–H and O–H groups in total. The number of nitrogens with zero attached hydrogens (tertiary/aromatic N) is 5. The minimum Gasteiger partial charge on any atom is -0.244 e. The third-order valence-electron chi connectivity index (χ3n) is 9.72. The highest BCUT2D eigenvalue weighted by molar-refractivity contribution is 7.25. The smallest absolute Gasteiger partial charge is 0.160 e. The number of aromatic nitrogens is 5. The summed E-state index contributed by atoms with van der Waals surface area (Å²) in [6.45, 7) is 0. The molecule has 10 rings (SSSR count). The number of benzene rings is 6. The summed E-state index contributed by atoms with van der Waals surface area (Å²) in [5.74, 6) is 1.27. The molecule has 6 heteroatoms. The van der Waals surface area contributed by atoms with Crippen molar-refractivity contribution in [2.24, 2.45) is 0 Å². The number of rotatable bonds is 7. The fourth-order valence-electron chi connectivity index (χ4n) is 6.97. The molecule has 4 heterocycles. The van der Waals surface area contributed by atoms with Crippen molar-refractivity contribution in [1.29, 1.82) is 0 Å². The molecule has 5 nitrogen and oxygen atoms in total. The van der Waals surface area contributed by atoms with Crippen LogP contribution >= 0.6 is 11.3 Å². The molecule has 55 heavy (non-hydrogen) atoms. The lowest BCUT2D eigenvalue weighted by molar-refractivity contribution is 1.14. The number of hydrogen-bond acceptors (Lipinski definition) is 6. The van der Waals surface area contributed by atoms with Crippen molar-refractivity contribution in [3.8, 4) is 79.2 Å².